The highest BCUT2D eigenvalue weighted by Gasteiger charge is 2.30. The van der Waals surface area contributed by atoms with Crippen molar-refractivity contribution in [3.63, 3.8) is 0 Å². The van der Waals surface area contributed by atoms with Gasteiger partial charge >= 0.3 is 0 Å². The molecule has 0 atom stereocenters. The van der Waals surface area contributed by atoms with Crippen LogP contribution in [0.3, 0.4) is 0 Å². The van der Waals surface area contributed by atoms with Gasteiger partial charge in [0.2, 0.25) is 0 Å². The summed E-state index contributed by atoms with van der Waals surface area (Å²) in [7, 11) is 0. The first-order valence-corrected chi connectivity index (χ1v) is 5.44. The molecule has 1 rings (SSSR count). The van der Waals surface area contributed by atoms with Crippen molar-refractivity contribution in [2.45, 2.75) is 39.2 Å². The zero-order chi connectivity index (χ0) is 11.5. The van der Waals surface area contributed by atoms with Crippen LogP contribution in [0.25, 0.3) is 0 Å². The number of hydrogen-bond donors (Lipinski definition) is 1. The van der Waals surface area contributed by atoms with Gasteiger partial charge in [-0.15, -0.1) is 0 Å². The number of carbonyl (C=O) groups excluding carboxylic acids is 1. The molecule has 0 radical (unpaired) electrons. The van der Waals surface area contributed by atoms with E-state index in [0.717, 1.165) is 11.1 Å². The fourth-order valence-corrected chi connectivity index (χ4v) is 1.64. The summed E-state index contributed by atoms with van der Waals surface area (Å²) < 4.78 is 0. The highest BCUT2D eigenvalue weighted by molar-refractivity contribution is 6.03. The molecule has 0 unspecified atom stereocenters. The number of benzene rings is 1. The van der Waals surface area contributed by atoms with Crippen molar-refractivity contribution in [3.05, 3.63) is 35.4 Å². The van der Waals surface area contributed by atoms with Gasteiger partial charge in [-0.05, 0) is 25.8 Å². The van der Waals surface area contributed by atoms with Crippen molar-refractivity contribution >= 4 is 5.78 Å². The Morgan fingerprint density at radius 3 is 2.40 bits per heavy atom. The Balaban J connectivity index is 3.03. The van der Waals surface area contributed by atoms with Crippen LogP contribution in [0.4, 0.5) is 0 Å². The van der Waals surface area contributed by atoms with Crippen molar-refractivity contribution in [2.75, 3.05) is 0 Å². The number of rotatable bonds is 4. The smallest absolute Gasteiger partial charge is 0.182 e. The van der Waals surface area contributed by atoms with Gasteiger partial charge in [0, 0.05) is 5.56 Å². The standard InChI is InChI=1S/C13H19NO/c1-4-13(14,5-2)12(15)11-8-6-7-10(3)9-11/h6-9H,4-5,14H2,1-3H3. The molecule has 1 aromatic carbocycles. The van der Waals surface area contributed by atoms with Gasteiger partial charge in [-0.2, -0.15) is 0 Å². The second-order valence-corrected chi connectivity index (χ2v) is 4.06. The van der Waals surface area contributed by atoms with Gasteiger partial charge in [-0.1, -0.05) is 37.6 Å². The molecule has 15 heavy (non-hydrogen) atoms. The SMILES string of the molecule is CCC(N)(CC)C(=O)c1cccc(C)c1. The van der Waals surface area contributed by atoms with E-state index < -0.39 is 5.54 Å². The molecular formula is C13H19NO. The molecule has 0 aliphatic rings. The summed E-state index contributed by atoms with van der Waals surface area (Å²) in [6, 6.07) is 7.61. The Kier molecular flexibility index (Phi) is 3.64. The van der Waals surface area contributed by atoms with Gasteiger partial charge in [-0.25, -0.2) is 0 Å². The molecule has 0 aliphatic carbocycles. The molecule has 0 saturated heterocycles. The molecule has 0 heterocycles. The summed E-state index contributed by atoms with van der Waals surface area (Å²) in [6.45, 7) is 5.89. The average molecular weight is 205 g/mol. The highest BCUT2D eigenvalue weighted by atomic mass is 16.1. The van der Waals surface area contributed by atoms with E-state index in [4.69, 9.17) is 5.73 Å². The van der Waals surface area contributed by atoms with E-state index in [-0.39, 0.29) is 5.78 Å². The Hall–Kier alpha value is -1.15. The molecule has 0 aliphatic heterocycles. The fraction of sp³-hybridized carbons (Fsp3) is 0.462. The van der Waals surface area contributed by atoms with Gasteiger partial charge in [0.1, 0.15) is 0 Å². The lowest BCUT2D eigenvalue weighted by atomic mass is 9.85. The number of ketones is 1. The largest absolute Gasteiger partial charge is 0.319 e. The van der Waals surface area contributed by atoms with Gasteiger partial charge in [-0.3, -0.25) is 4.79 Å². The summed E-state index contributed by atoms with van der Waals surface area (Å²) in [5.41, 5.74) is 7.19. The van der Waals surface area contributed by atoms with E-state index >= 15 is 0 Å². The number of nitrogens with two attached hydrogens (primary N) is 1. The first-order valence-electron chi connectivity index (χ1n) is 5.44. The van der Waals surface area contributed by atoms with Crippen LogP contribution >= 0.6 is 0 Å². The van der Waals surface area contributed by atoms with E-state index in [2.05, 4.69) is 0 Å². The summed E-state index contributed by atoms with van der Waals surface area (Å²) >= 11 is 0. The van der Waals surface area contributed by atoms with Crippen LogP contribution in [0, 0.1) is 6.92 Å². The summed E-state index contributed by atoms with van der Waals surface area (Å²) in [4.78, 5) is 12.2. The second kappa shape index (κ2) is 4.58. The van der Waals surface area contributed by atoms with Crippen molar-refractivity contribution in [2.24, 2.45) is 5.73 Å². The van der Waals surface area contributed by atoms with Crippen LogP contribution in [0.1, 0.15) is 42.6 Å². The van der Waals surface area contributed by atoms with Crippen molar-refractivity contribution in [1.29, 1.82) is 0 Å². The predicted octanol–water partition coefficient (Wildman–Crippen LogP) is 2.70. The van der Waals surface area contributed by atoms with Crippen LogP contribution in [-0.4, -0.2) is 11.3 Å². The topological polar surface area (TPSA) is 43.1 Å². The first-order chi connectivity index (χ1) is 7.03. The summed E-state index contributed by atoms with van der Waals surface area (Å²) in [5.74, 6) is 0.0520. The van der Waals surface area contributed by atoms with E-state index in [1.807, 2.05) is 45.0 Å². The third-order valence-corrected chi connectivity index (χ3v) is 2.99. The molecule has 0 spiro atoms. The summed E-state index contributed by atoms with van der Waals surface area (Å²) in [6.07, 6.45) is 1.35. The van der Waals surface area contributed by atoms with Crippen LogP contribution in [0.15, 0.2) is 24.3 Å². The third kappa shape index (κ3) is 2.45. The predicted molar refractivity (Wildman–Crippen MR) is 63.0 cm³/mol. The average Bonchev–Trinajstić information content (AvgIpc) is 2.27. The summed E-state index contributed by atoms with van der Waals surface area (Å²) in [5, 5.41) is 0. The maximum atomic E-state index is 12.2. The van der Waals surface area contributed by atoms with E-state index in [1.165, 1.54) is 0 Å². The van der Waals surface area contributed by atoms with Gasteiger partial charge < -0.3 is 5.73 Å². The zero-order valence-corrected chi connectivity index (χ0v) is 9.71. The Labute approximate surface area is 91.5 Å². The molecule has 0 aromatic heterocycles. The van der Waals surface area contributed by atoms with Gasteiger partial charge in [0.15, 0.2) is 5.78 Å². The molecule has 2 N–H and O–H groups in total. The van der Waals surface area contributed by atoms with Crippen LogP contribution in [0.2, 0.25) is 0 Å². The van der Waals surface area contributed by atoms with Gasteiger partial charge in [0.25, 0.3) is 0 Å². The lowest BCUT2D eigenvalue weighted by Gasteiger charge is -2.24. The molecule has 0 bridgehead atoms. The van der Waals surface area contributed by atoms with E-state index in [1.54, 1.807) is 0 Å². The quantitative estimate of drug-likeness (QED) is 0.768. The van der Waals surface area contributed by atoms with Gasteiger partial charge in [0.05, 0.1) is 5.54 Å². The number of carbonyl (C=O) groups is 1. The van der Waals surface area contributed by atoms with Crippen molar-refractivity contribution in [1.82, 2.24) is 0 Å². The van der Waals surface area contributed by atoms with Crippen LogP contribution < -0.4 is 5.73 Å². The van der Waals surface area contributed by atoms with Crippen LogP contribution in [0.5, 0.6) is 0 Å². The molecule has 0 fully saturated rings. The maximum absolute atomic E-state index is 12.2. The van der Waals surface area contributed by atoms with Crippen molar-refractivity contribution < 1.29 is 4.79 Å². The molecule has 0 amide bonds. The fourth-order valence-electron chi connectivity index (χ4n) is 1.64. The maximum Gasteiger partial charge on any atom is 0.182 e. The lowest BCUT2D eigenvalue weighted by Crippen LogP contribution is -2.46. The number of aryl methyl sites for hydroxylation is 1. The minimum atomic E-state index is -0.701. The lowest BCUT2D eigenvalue weighted by molar-refractivity contribution is 0.0879. The Bertz CT molecular complexity index is 353. The number of Topliss-reactive ketones (excluding diaryl/α,β-unsaturated/α-hetero) is 1. The number of hydrogen-bond acceptors (Lipinski definition) is 2. The molecule has 82 valence electrons. The molecular weight excluding hydrogens is 186 g/mol. The Morgan fingerprint density at radius 1 is 1.33 bits per heavy atom. The zero-order valence-electron chi connectivity index (χ0n) is 9.71. The van der Waals surface area contributed by atoms with Crippen LogP contribution in [-0.2, 0) is 0 Å². The van der Waals surface area contributed by atoms with E-state index in [0.29, 0.717) is 12.8 Å². The third-order valence-electron chi connectivity index (χ3n) is 2.99. The van der Waals surface area contributed by atoms with E-state index in [9.17, 15) is 4.79 Å². The highest BCUT2D eigenvalue weighted by Crippen LogP contribution is 2.19. The second-order valence-electron chi connectivity index (χ2n) is 4.06. The Morgan fingerprint density at radius 2 is 1.93 bits per heavy atom. The minimum Gasteiger partial charge on any atom is -0.319 e. The minimum absolute atomic E-state index is 0.0520. The normalized spacial score (nSPS) is 11.5. The molecule has 1 aromatic rings. The molecule has 2 nitrogen and oxygen atoms in total. The monoisotopic (exact) mass is 205 g/mol. The first kappa shape index (κ1) is 11.9. The van der Waals surface area contributed by atoms with Crippen molar-refractivity contribution in [3.8, 4) is 0 Å². The molecule has 2 heteroatoms. The molecule has 0 saturated carbocycles.